The van der Waals surface area contributed by atoms with Gasteiger partial charge in [-0.25, -0.2) is 4.79 Å². The van der Waals surface area contributed by atoms with E-state index in [9.17, 15) is 4.79 Å². The van der Waals surface area contributed by atoms with Crippen molar-refractivity contribution in [3.63, 3.8) is 0 Å². The lowest BCUT2D eigenvalue weighted by Crippen LogP contribution is -2.08. The van der Waals surface area contributed by atoms with Crippen molar-refractivity contribution in [3.05, 3.63) is 29.1 Å². The summed E-state index contributed by atoms with van der Waals surface area (Å²) in [5, 5.41) is 0. The summed E-state index contributed by atoms with van der Waals surface area (Å²) < 4.78 is 4.95. The van der Waals surface area contributed by atoms with Gasteiger partial charge in [-0.3, -0.25) is 4.98 Å². The van der Waals surface area contributed by atoms with E-state index in [0.717, 1.165) is 11.4 Å². The van der Waals surface area contributed by atoms with Gasteiger partial charge in [-0.15, -0.1) is 0 Å². The van der Waals surface area contributed by atoms with Crippen molar-refractivity contribution in [2.75, 3.05) is 6.61 Å². The quantitative estimate of drug-likeness (QED) is 0.711. The smallest absolute Gasteiger partial charge is 0.339 e. The van der Waals surface area contributed by atoms with Gasteiger partial charge in [0.2, 0.25) is 0 Å². The second kappa shape index (κ2) is 4.01. The minimum Gasteiger partial charge on any atom is -0.462 e. The van der Waals surface area contributed by atoms with Gasteiger partial charge in [-0.2, -0.15) is 0 Å². The van der Waals surface area contributed by atoms with Crippen LogP contribution in [0.4, 0.5) is 0 Å². The van der Waals surface area contributed by atoms with Gasteiger partial charge in [0.1, 0.15) is 0 Å². The van der Waals surface area contributed by atoms with Crippen LogP contribution in [0.2, 0.25) is 0 Å². The first kappa shape index (κ1) is 10.1. The van der Waals surface area contributed by atoms with E-state index < -0.39 is 0 Å². The van der Waals surface area contributed by atoms with Gasteiger partial charge in [-0.05, 0) is 38.8 Å². The number of hydrogen-bond donors (Lipinski definition) is 0. The number of hydrogen-bond acceptors (Lipinski definition) is 3. The van der Waals surface area contributed by atoms with E-state index in [4.69, 9.17) is 4.74 Å². The van der Waals surface area contributed by atoms with Crippen molar-refractivity contribution < 1.29 is 9.53 Å². The van der Waals surface area contributed by atoms with Crippen LogP contribution in [0.3, 0.4) is 0 Å². The Labute approximate surface area is 89.5 Å². The molecule has 0 amide bonds. The van der Waals surface area contributed by atoms with Crippen LogP contribution >= 0.6 is 0 Å². The third-order valence-corrected chi connectivity index (χ3v) is 2.60. The number of carbonyl (C=O) groups excluding carboxylic acids is 1. The third kappa shape index (κ3) is 2.17. The maximum absolute atomic E-state index is 11.5. The summed E-state index contributed by atoms with van der Waals surface area (Å²) in [5.74, 6) is 0.352. The molecule has 1 fully saturated rings. The molecular weight excluding hydrogens is 190 g/mol. The molecule has 0 bridgehead atoms. The molecule has 80 valence electrons. The van der Waals surface area contributed by atoms with E-state index >= 15 is 0 Å². The molecule has 3 nitrogen and oxygen atoms in total. The van der Waals surface area contributed by atoms with Crippen molar-refractivity contribution in [3.8, 4) is 0 Å². The fraction of sp³-hybridized carbons (Fsp3) is 0.500. The molecule has 1 saturated carbocycles. The van der Waals surface area contributed by atoms with E-state index in [-0.39, 0.29) is 5.97 Å². The molecule has 1 aromatic rings. The first-order chi connectivity index (χ1) is 7.22. The molecule has 15 heavy (non-hydrogen) atoms. The number of rotatable bonds is 3. The van der Waals surface area contributed by atoms with Gasteiger partial charge in [0.15, 0.2) is 0 Å². The average Bonchev–Trinajstić information content (AvgIpc) is 3.01. The van der Waals surface area contributed by atoms with Crippen LogP contribution in [-0.2, 0) is 4.74 Å². The zero-order valence-corrected chi connectivity index (χ0v) is 9.12. The van der Waals surface area contributed by atoms with Crippen molar-refractivity contribution in [1.29, 1.82) is 0 Å². The molecule has 0 spiro atoms. The predicted molar refractivity (Wildman–Crippen MR) is 56.9 cm³/mol. The monoisotopic (exact) mass is 205 g/mol. The Morgan fingerprint density at radius 2 is 2.27 bits per heavy atom. The fourth-order valence-electron chi connectivity index (χ4n) is 1.61. The highest BCUT2D eigenvalue weighted by molar-refractivity contribution is 5.90. The van der Waals surface area contributed by atoms with E-state index in [1.165, 1.54) is 12.8 Å². The largest absolute Gasteiger partial charge is 0.462 e. The fourth-order valence-corrected chi connectivity index (χ4v) is 1.61. The highest BCUT2D eigenvalue weighted by Crippen LogP contribution is 2.39. The average molecular weight is 205 g/mol. The highest BCUT2D eigenvalue weighted by Gasteiger charge is 2.25. The van der Waals surface area contributed by atoms with E-state index in [0.29, 0.717) is 18.1 Å². The number of ether oxygens (including phenoxy) is 1. The summed E-state index contributed by atoms with van der Waals surface area (Å²) in [6.07, 6.45) is 2.45. The van der Waals surface area contributed by atoms with Gasteiger partial charge in [0.05, 0.1) is 17.9 Å². The Morgan fingerprint density at radius 3 is 2.80 bits per heavy atom. The summed E-state index contributed by atoms with van der Waals surface area (Å²) in [4.78, 5) is 15.9. The summed E-state index contributed by atoms with van der Waals surface area (Å²) in [6.45, 7) is 4.07. The van der Waals surface area contributed by atoms with Crippen LogP contribution in [0, 0.1) is 6.92 Å². The Kier molecular flexibility index (Phi) is 2.71. The lowest BCUT2D eigenvalue weighted by Gasteiger charge is -2.06. The zero-order valence-electron chi connectivity index (χ0n) is 9.12. The molecule has 0 unspecified atom stereocenters. The molecule has 0 saturated heterocycles. The normalized spacial score (nSPS) is 15.1. The predicted octanol–water partition coefficient (Wildman–Crippen LogP) is 2.44. The molecular formula is C12H15NO2. The zero-order chi connectivity index (χ0) is 10.8. The second-order valence-corrected chi connectivity index (χ2v) is 3.86. The van der Waals surface area contributed by atoms with Crippen LogP contribution in [0.25, 0.3) is 0 Å². The molecule has 0 radical (unpaired) electrons. The first-order valence-corrected chi connectivity index (χ1v) is 5.37. The number of carbonyl (C=O) groups is 1. The molecule has 1 heterocycles. The standard InChI is InChI=1S/C12H15NO2/c1-3-15-12(14)10-6-7-11(9-4-5-9)13-8(10)2/h6-7,9H,3-5H2,1-2H3. The Balaban J connectivity index is 2.21. The Hall–Kier alpha value is -1.38. The van der Waals surface area contributed by atoms with E-state index in [2.05, 4.69) is 4.98 Å². The van der Waals surface area contributed by atoms with Crippen molar-refractivity contribution in [2.45, 2.75) is 32.6 Å². The summed E-state index contributed by atoms with van der Waals surface area (Å²) in [7, 11) is 0. The number of nitrogens with zero attached hydrogens (tertiary/aromatic N) is 1. The van der Waals surface area contributed by atoms with Crippen LogP contribution in [0.15, 0.2) is 12.1 Å². The van der Waals surface area contributed by atoms with Gasteiger partial charge in [-0.1, -0.05) is 0 Å². The third-order valence-electron chi connectivity index (χ3n) is 2.60. The van der Waals surface area contributed by atoms with Crippen molar-refractivity contribution in [1.82, 2.24) is 4.98 Å². The maximum atomic E-state index is 11.5. The summed E-state index contributed by atoms with van der Waals surface area (Å²) >= 11 is 0. The molecule has 3 heteroatoms. The molecule has 0 aromatic carbocycles. The SMILES string of the molecule is CCOC(=O)c1ccc(C2CC2)nc1C. The van der Waals surface area contributed by atoms with E-state index in [1.54, 1.807) is 6.92 Å². The molecule has 1 aromatic heterocycles. The van der Waals surface area contributed by atoms with E-state index in [1.807, 2.05) is 19.1 Å². The minimum atomic E-state index is -0.273. The van der Waals surface area contributed by atoms with Crippen LogP contribution in [0.1, 0.15) is 47.4 Å². The highest BCUT2D eigenvalue weighted by atomic mass is 16.5. The Bertz CT molecular complexity index is 383. The van der Waals surface area contributed by atoms with Crippen molar-refractivity contribution in [2.24, 2.45) is 0 Å². The summed E-state index contributed by atoms with van der Waals surface area (Å²) in [5.41, 5.74) is 2.47. The van der Waals surface area contributed by atoms with Crippen LogP contribution < -0.4 is 0 Å². The lowest BCUT2D eigenvalue weighted by atomic mass is 10.1. The number of esters is 1. The molecule has 2 rings (SSSR count). The molecule has 0 aliphatic heterocycles. The minimum absolute atomic E-state index is 0.273. The number of aromatic nitrogens is 1. The summed E-state index contributed by atoms with van der Waals surface area (Å²) in [6, 6.07) is 3.77. The molecule has 0 atom stereocenters. The van der Waals surface area contributed by atoms with Gasteiger partial charge in [0.25, 0.3) is 0 Å². The molecule has 0 N–H and O–H groups in total. The molecule has 1 aliphatic rings. The second-order valence-electron chi connectivity index (χ2n) is 3.86. The van der Waals surface area contributed by atoms with Crippen LogP contribution in [-0.4, -0.2) is 17.6 Å². The first-order valence-electron chi connectivity index (χ1n) is 5.37. The maximum Gasteiger partial charge on any atom is 0.339 e. The topological polar surface area (TPSA) is 39.2 Å². The number of aryl methyl sites for hydroxylation is 1. The van der Waals surface area contributed by atoms with Crippen molar-refractivity contribution >= 4 is 5.97 Å². The Morgan fingerprint density at radius 1 is 1.53 bits per heavy atom. The van der Waals surface area contributed by atoms with Gasteiger partial charge in [0, 0.05) is 11.6 Å². The number of pyridine rings is 1. The van der Waals surface area contributed by atoms with Gasteiger partial charge >= 0.3 is 5.97 Å². The van der Waals surface area contributed by atoms with Gasteiger partial charge < -0.3 is 4.74 Å². The molecule has 1 aliphatic carbocycles. The van der Waals surface area contributed by atoms with Crippen LogP contribution in [0.5, 0.6) is 0 Å². The lowest BCUT2D eigenvalue weighted by molar-refractivity contribution is 0.0525.